The van der Waals surface area contributed by atoms with Crippen LogP contribution in [0.5, 0.6) is 11.8 Å². The average Bonchev–Trinajstić information content (AvgIpc) is 3.88. The number of carbonyl (C=O) groups excluding carboxylic acids is 3. The van der Waals surface area contributed by atoms with Gasteiger partial charge in [0.2, 0.25) is 11.8 Å². The molecule has 6 fully saturated rings. The molecule has 3 atom stereocenters. The number of hydrogen-bond donors (Lipinski definition) is 3. The van der Waals surface area contributed by atoms with Crippen LogP contribution < -0.4 is 25.2 Å². The number of carbonyl (C=O) groups is 3. The summed E-state index contributed by atoms with van der Waals surface area (Å²) in [7, 11) is 0. The fourth-order valence-corrected chi connectivity index (χ4v) is 12.6. The van der Waals surface area contributed by atoms with Gasteiger partial charge < -0.3 is 29.9 Å². The SMILES string of the molecule is C#Cc1c(F)ccc2cc(O)cc(-c3ncc4c(N5CC6CCC(C5)N6)nc(OCCN5CCC6(CC5)CN(CC5(F)CCN(c7ccc8c(c7F)CN(C7CCC(=O)NC7=O)C8=O)CC5)C6)nc4c3F)c12. The number of rotatable bonds is 10. The fourth-order valence-electron chi connectivity index (χ4n) is 12.6. The quantitative estimate of drug-likeness (QED) is 0.0925. The number of aromatic hydroxyl groups is 1. The number of piperazine rings is 1. The number of terminal acetylenes is 1. The summed E-state index contributed by atoms with van der Waals surface area (Å²) in [5.41, 5.74) is -0.630. The lowest BCUT2D eigenvalue weighted by molar-refractivity contribution is -0.136. The van der Waals surface area contributed by atoms with E-state index < -0.39 is 41.0 Å². The number of ether oxygens (including phenoxy) is 1. The summed E-state index contributed by atoms with van der Waals surface area (Å²) in [5, 5.41) is 17.7. The largest absolute Gasteiger partial charge is 0.508 e. The van der Waals surface area contributed by atoms with Gasteiger partial charge in [0.25, 0.3) is 5.91 Å². The van der Waals surface area contributed by atoms with E-state index >= 15 is 17.6 Å². The summed E-state index contributed by atoms with van der Waals surface area (Å²) in [4.78, 5) is 61.2. The first-order valence-electron chi connectivity index (χ1n) is 25.0. The van der Waals surface area contributed by atoms with Crippen molar-refractivity contribution in [1.29, 1.82) is 0 Å². The Bertz CT molecular complexity index is 3100. The first-order valence-corrected chi connectivity index (χ1v) is 25.0. The van der Waals surface area contributed by atoms with E-state index in [1.807, 2.05) is 4.90 Å². The van der Waals surface area contributed by atoms with Gasteiger partial charge in [-0.15, -0.1) is 6.42 Å². The lowest BCUT2D eigenvalue weighted by Gasteiger charge is -2.55. The molecule has 3 unspecified atom stereocenters. The zero-order chi connectivity index (χ0) is 49.6. The van der Waals surface area contributed by atoms with Gasteiger partial charge in [-0.2, -0.15) is 9.97 Å². The Labute approximate surface area is 412 Å². The second-order valence-electron chi connectivity index (χ2n) is 21.0. The number of nitrogens with zero attached hydrogens (tertiary/aromatic N) is 8. The molecule has 19 heteroatoms. The van der Waals surface area contributed by atoms with E-state index in [4.69, 9.17) is 16.1 Å². The minimum absolute atomic E-state index is 0.00981. The molecule has 7 aliphatic rings. The third kappa shape index (κ3) is 8.20. The minimum Gasteiger partial charge on any atom is -0.508 e. The molecule has 5 aromatic rings. The molecule has 0 saturated carbocycles. The number of phenols is 1. The molecule has 374 valence electrons. The minimum atomic E-state index is -1.41. The van der Waals surface area contributed by atoms with Gasteiger partial charge in [0.05, 0.1) is 23.2 Å². The first kappa shape index (κ1) is 46.5. The zero-order valence-electron chi connectivity index (χ0n) is 39.7. The summed E-state index contributed by atoms with van der Waals surface area (Å²) < 4.78 is 70.8. The number of fused-ring (bicyclic) bond motifs is 5. The highest BCUT2D eigenvalue weighted by Gasteiger charge is 2.48. The molecule has 3 aromatic carbocycles. The van der Waals surface area contributed by atoms with E-state index in [0.717, 1.165) is 51.9 Å². The normalized spacial score (nSPS) is 24.0. The summed E-state index contributed by atoms with van der Waals surface area (Å²) in [6.45, 7) is 6.41. The Hall–Kier alpha value is -6.62. The number of alkyl halides is 1. The molecule has 1 spiro atoms. The van der Waals surface area contributed by atoms with Crippen molar-refractivity contribution in [1.82, 2.24) is 40.3 Å². The third-order valence-electron chi connectivity index (χ3n) is 16.4. The Morgan fingerprint density at radius 1 is 0.875 bits per heavy atom. The van der Waals surface area contributed by atoms with E-state index in [1.165, 1.54) is 35.4 Å². The molecule has 15 nitrogen and oxygen atoms in total. The van der Waals surface area contributed by atoms with E-state index in [0.29, 0.717) is 61.5 Å². The van der Waals surface area contributed by atoms with Crippen LogP contribution in [0.25, 0.3) is 32.9 Å². The van der Waals surface area contributed by atoms with Crippen molar-refractivity contribution < 1.29 is 41.8 Å². The smallest absolute Gasteiger partial charge is 0.319 e. The van der Waals surface area contributed by atoms with E-state index in [2.05, 4.69) is 41.2 Å². The van der Waals surface area contributed by atoms with Crippen LogP contribution >= 0.6 is 0 Å². The maximum atomic E-state index is 17.0. The number of aromatic nitrogens is 3. The van der Waals surface area contributed by atoms with Crippen LogP contribution in [-0.4, -0.2) is 148 Å². The van der Waals surface area contributed by atoms with Crippen LogP contribution in [0.4, 0.5) is 29.1 Å². The number of piperidine rings is 3. The van der Waals surface area contributed by atoms with Gasteiger partial charge in [0, 0.05) is 112 Å². The van der Waals surface area contributed by atoms with Crippen LogP contribution in [0.3, 0.4) is 0 Å². The van der Waals surface area contributed by atoms with Gasteiger partial charge >= 0.3 is 6.01 Å². The van der Waals surface area contributed by atoms with Crippen LogP contribution in [-0.2, 0) is 16.1 Å². The molecular weight excluding hydrogens is 933 g/mol. The highest BCUT2D eigenvalue weighted by Crippen LogP contribution is 2.44. The third-order valence-corrected chi connectivity index (χ3v) is 16.4. The van der Waals surface area contributed by atoms with Gasteiger partial charge in [-0.1, -0.05) is 12.0 Å². The number of benzene rings is 3. The molecule has 72 heavy (non-hydrogen) atoms. The van der Waals surface area contributed by atoms with Gasteiger partial charge in [-0.05, 0) is 86.3 Å². The lowest BCUT2D eigenvalue weighted by Crippen LogP contribution is -2.63. The van der Waals surface area contributed by atoms with Crippen molar-refractivity contribution in [3.05, 3.63) is 76.7 Å². The number of imide groups is 1. The lowest BCUT2D eigenvalue weighted by atomic mass is 9.71. The Morgan fingerprint density at radius 3 is 2.38 bits per heavy atom. The molecule has 12 rings (SSSR count). The molecule has 6 saturated heterocycles. The number of pyridine rings is 1. The van der Waals surface area contributed by atoms with E-state index in [1.54, 1.807) is 12.1 Å². The number of anilines is 2. The van der Waals surface area contributed by atoms with Crippen molar-refractivity contribution in [3.63, 3.8) is 0 Å². The molecular formula is C53H54F4N10O5. The number of amides is 3. The maximum Gasteiger partial charge on any atom is 0.319 e. The molecule has 2 bridgehead atoms. The van der Waals surface area contributed by atoms with Gasteiger partial charge in [-0.3, -0.25) is 34.5 Å². The second kappa shape index (κ2) is 17.8. The van der Waals surface area contributed by atoms with Crippen LogP contribution in [0, 0.1) is 35.2 Å². The van der Waals surface area contributed by atoms with Gasteiger partial charge in [0.1, 0.15) is 46.9 Å². The number of nitrogens with one attached hydrogen (secondary N) is 2. The molecule has 2 aromatic heterocycles. The summed E-state index contributed by atoms with van der Waals surface area (Å²) in [6, 6.07) is 8.35. The molecule has 3 amide bonds. The summed E-state index contributed by atoms with van der Waals surface area (Å²) in [5.74, 6) is -0.575. The standard InChI is InChI=1S/C53H54F4N10O5/c1-2-34-39(54)7-3-30-21-33(68)22-36(43(30)34)46-45(56)47-37(23-58-46)48(66-24-31-4-5-32(25-66)59-31)62-51(61-47)72-20-19-63-15-11-52(12-16-63)27-64(28-52)29-53(57)13-17-65(18-14-53)40-8-6-35-38(44(40)55)26-67(50(35)71)41-9-10-42(69)60-49(41)70/h1,3,6-8,21-23,31-32,41,59,68H,4-5,9-20,24-29H2,(H,60,69,70). The van der Waals surface area contributed by atoms with Crippen molar-refractivity contribution in [2.45, 2.75) is 81.7 Å². The molecule has 0 aliphatic carbocycles. The van der Waals surface area contributed by atoms with Gasteiger partial charge in [0.15, 0.2) is 11.6 Å². The highest BCUT2D eigenvalue weighted by atomic mass is 19.1. The Balaban J connectivity index is 0.666. The van der Waals surface area contributed by atoms with E-state index in [9.17, 15) is 19.5 Å². The highest BCUT2D eigenvalue weighted by molar-refractivity contribution is 6.06. The molecule has 3 N–H and O–H groups in total. The summed E-state index contributed by atoms with van der Waals surface area (Å²) >= 11 is 0. The predicted octanol–water partition coefficient (Wildman–Crippen LogP) is 5.44. The van der Waals surface area contributed by atoms with Crippen LogP contribution in [0.15, 0.2) is 42.6 Å². The monoisotopic (exact) mass is 986 g/mol. The molecule has 0 radical (unpaired) electrons. The summed E-state index contributed by atoms with van der Waals surface area (Å²) in [6.07, 6.45) is 12.0. The number of hydrogen-bond acceptors (Lipinski definition) is 13. The fraction of sp³-hybridized carbons (Fsp3) is 0.472. The molecule has 7 aliphatic heterocycles. The van der Waals surface area contributed by atoms with Crippen molar-refractivity contribution in [2.75, 3.05) is 81.9 Å². The zero-order valence-corrected chi connectivity index (χ0v) is 39.7. The first-order chi connectivity index (χ1) is 34.7. The number of phenolic OH excluding ortho intramolecular Hbond substituents is 1. The molecule has 9 heterocycles. The van der Waals surface area contributed by atoms with Crippen molar-refractivity contribution in [3.8, 4) is 35.4 Å². The number of likely N-dealkylation sites (tertiary alicyclic amines) is 2. The maximum absolute atomic E-state index is 17.0. The van der Waals surface area contributed by atoms with Crippen LogP contribution in [0.2, 0.25) is 0 Å². The van der Waals surface area contributed by atoms with Crippen LogP contribution in [0.1, 0.15) is 72.9 Å². The van der Waals surface area contributed by atoms with E-state index in [-0.39, 0.29) is 113 Å². The second-order valence-corrected chi connectivity index (χ2v) is 21.0. The van der Waals surface area contributed by atoms with Crippen molar-refractivity contribution in [2.24, 2.45) is 5.41 Å². The predicted molar refractivity (Wildman–Crippen MR) is 260 cm³/mol. The Kier molecular flexibility index (Phi) is 11.5. The topological polar surface area (TPSA) is 160 Å². The van der Waals surface area contributed by atoms with Crippen molar-refractivity contribution >= 4 is 50.9 Å². The van der Waals surface area contributed by atoms with Gasteiger partial charge in [-0.25, -0.2) is 17.6 Å². The average molecular weight is 987 g/mol. The number of halogens is 4. The Morgan fingerprint density at radius 2 is 1.64 bits per heavy atom.